The maximum Gasteiger partial charge on any atom is 0.418 e. The molecule has 3 heterocycles. The molecule has 2 aromatic rings. The molecule has 164 valence electrons. The Labute approximate surface area is 172 Å². The standard InChI is InChI=1S/C20H27F3N6O/c1-14(26(3)13-25-24-2)28-11-17-16(20(21,22)23)8-15(10-29(17)18(28)30)9-27-7-6-19(12-27)4-5-19/h8,10-11,13-14,24H,4-7,9,12H2,1-3H3/b25-13-. The summed E-state index contributed by atoms with van der Waals surface area (Å²) in [6.45, 7) is 3.97. The lowest BCUT2D eigenvalue weighted by Crippen LogP contribution is -2.33. The fourth-order valence-electron chi connectivity index (χ4n) is 4.29. The van der Waals surface area contributed by atoms with E-state index in [-0.39, 0.29) is 5.52 Å². The van der Waals surface area contributed by atoms with Gasteiger partial charge in [-0.05, 0) is 49.8 Å². The summed E-state index contributed by atoms with van der Waals surface area (Å²) in [6, 6.07) is 1.19. The van der Waals surface area contributed by atoms with Gasteiger partial charge in [-0.3, -0.25) is 13.9 Å². The molecule has 10 heteroatoms. The van der Waals surface area contributed by atoms with Crippen LogP contribution in [0.4, 0.5) is 13.2 Å². The van der Waals surface area contributed by atoms with Crippen molar-refractivity contribution < 1.29 is 13.2 Å². The predicted molar refractivity (Wildman–Crippen MR) is 108 cm³/mol. The lowest BCUT2D eigenvalue weighted by Gasteiger charge is -2.22. The van der Waals surface area contributed by atoms with E-state index in [1.807, 2.05) is 0 Å². The van der Waals surface area contributed by atoms with Gasteiger partial charge in [0.25, 0.3) is 0 Å². The molecule has 0 amide bonds. The van der Waals surface area contributed by atoms with Gasteiger partial charge in [-0.1, -0.05) is 0 Å². The van der Waals surface area contributed by atoms with Crippen LogP contribution in [0, 0.1) is 5.41 Å². The van der Waals surface area contributed by atoms with Gasteiger partial charge in [-0.15, -0.1) is 0 Å². The first-order chi connectivity index (χ1) is 14.1. The predicted octanol–water partition coefficient (Wildman–Crippen LogP) is 2.72. The third-order valence-corrected chi connectivity index (χ3v) is 6.40. The van der Waals surface area contributed by atoms with Gasteiger partial charge in [-0.2, -0.15) is 18.3 Å². The van der Waals surface area contributed by atoms with E-state index in [0.29, 0.717) is 17.5 Å². The van der Waals surface area contributed by atoms with Gasteiger partial charge in [0.2, 0.25) is 0 Å². The lowest BCUT2D eigenvalue weighted by atomic mass is 10.1. The van der Waals surface area contributed by atoms with E-state index in [2.05, 4.69) is 15.4 Å². The van der Waals surface area contributed by atoms with E-state index in [1.165, 1.54) is 36.0 Å². The zero-order valence-corrected chi connectivity index (χ0v) is 17.4. The molecule has 0 aromatic carbocycles. The van der Waals surface area contributed by atoms with Crippen LogP contribution in [-0.2, 0) is 12.7 Å². The van der Waals surface area contributed by atoms with Gasteiger partial charge in [0.15, 0.2) is 0 Å². The maximum atomic E-state index is 13.8. The number of imidazole rings is 1. The van der Waals surface area contributed by atoms with Crippen LogP contribution in [0.15, 0.2) is 28.4 Å². The monoisotopic (exact) mass is 424 g/mol. The Bertz CT molecular complexity index is 1020. The van der Waals surface area contributed by atoms with E-state index in [1.54, 1.807) is 32.1 Å². The number of halogens is 3. The summed E-state index contributed by atoms with van der Waals surface area (Å²) in [5.41, 5.74) is 2.08. The van der Waals surface area contributed by atoms with E-state index in [0.717, 1.165) is 23.9 Å². The number of rotatable bonds is 6. The number of aromatic nitrogens is 2. The largest absolute Gasteiger partial charge is 0.418 e. The Hall–Kier alpha value is -2.49. The summed E-state index contributed by atoms with van der Waals surface area (Å²) in [7, 11) is 3.34. The molecule has 1 saturated carbocycles. The van der Waals surface area contributed by atoms with Crippen LogP contribution in [0.25, 0.3) is 5.52 Å². The van der Waals surface area contributed by atoms with Crippen LogP contribution < -0.4 is 11.1 Å². The lowest BCUT2D eigenvalue weighted by molar-refractivity contribution is -0.136. The SMILES string of the molecule is CN/N=C\N(C)C(C)n1cc2c(C(F)(F)F)cc(CN3CCC4(CC4)C3)cn2c1=O. The van der Waals surface area contributed by atoms with Crippen molar-refractivity contribution in [1.29, 1.82) is 0 Å². The van der Waals surface area contributed by atoms with Crippen LogP contribution >= 0.6 is 0 Å². The number of hydrogen-bond donors (Lipinski definition) is 1. The first kappa shape index (κ1) is 20.8. The van der Waals surface area contributed by atoms with Crippen LogP contribution in [-0.4, -0.2) is 52.3 Å². The summed E-state index contributed by atoms with van der Waals surface area (Å²) in [6.07, 6.45) is 2.78. The molecule has 2 aliphatic rings. The molecule has 7 nitrogen and oxygen atoms in total. The van der Waals surface area contributed by atoms with Gasteiger partial charge in [-0.25, -0.2) is 4.79 Å². The second-order valence-electron chi connectivity index (χ2n) is 8.56. The molecule has 2 aromatic heterocycles. The molecule has 1 unspecified atom stereocenters. The molecule has 4 rings (SSSR count). The van der Waals surface area contributed by atoms with E-state index >= 15 is 0 Å². The molecule has 1 aliphatic heterocycles. The van der Waals surface area contributed by atoms with Gasteiger partial charge in [0.1, 0.15) is 12.5 Å². The molecule has 1 N–H and O–H groups in total. The van der Waals surface area contributed by atoms with Crippen LogP contribution in [0.5, 0.6) is 0 Å². The number of fused-ring (bicyclic) bond motifs is 1. The number of pyridine rings is 1. The van der Waals surface area contributed by atoms with Gasteiger partial charge in [0, 0.05) is 39.6 Å². The minimum Gasteiger partial charge on any atom is -0.344 e. The minimum absolute atomic E-state index is 0.137. The van der Waals surface area contributed by atoms with E-state index in [4.69, 9.17) is 0 Å². The van der Waals surface area contributed by atoms with Crippen LogP contribution in [0.2, 0.25) is 0 Å². The van der Waals surface area contributed by atoms with Crippen LogP contribution in [0.3, 0.4) is 0 Å². The Morgan fingerprint density at radius 3 is 2.67 bits per heavy atom. The molecule has 2 fully saturated rings. The van der Waals surface area contributed by atoms with E-state index in [9.17, 15) is 18.0 Å². The number of nitrogens with one attached hydrogen (secondary N) is 1. The molecular weight excluding hydrogens is 397 g/mol. The fraction of sp³-hybridized carbons (Fsp3) is 0.600. The Kier molecular flexibility index (Phi) is 5.08. The molecule has 1 atom stereocenters. The normalized spacial score (nSPS) is 19.8. The summed E-state index contributed by atoms with van der Waals surface area (Å²) in [4.78, 5) is 16.8. The number of hydrazone groups is 1. The number of alkyl halides is 3. The van der Waals surface area contributed by atoms with Crippen LogP contribution in [0.1, 0.15) is 43.5 Å². The van der Waals surface area contributed by atoms with Crippen molar-refractivity contribution in [3.05, 3.63) is 40.1 Å². The average Bonchev–Trinajstić information content (AvgIpc) is 3.21. The van der Waals surface area contributed by atoms with Gasteiger partial charge < -0.3 is 10.3 Å². The number of likely N-dealkylation sites (tertiary alicyclic amines) is 1. The smallest absolute Gasteiger partial charge is 0.344 e. The molecular formula is C20H27F3N6O. The highest BCUT2D eigenvalue weighted by Crippen LogP contribution is 2.52. The zero-order valence-electron chi connectivity index (χ0n) is 17.4. The van der Waals surface area contributed by atoms with Gasteiger partial charge >= 0.3 is 11.9 Å². The second-order valence-corrected chi connectivity index (χ2v) is 8.56. The zero-order chi connectivity index (χ0) is 21.7. The highest BCUT2D eigenvalue weighted by molar-refractivity contribution is 5.57. The Morgan fingerprint density at radius 2 is 2.07 bits per heavy atom. The Morgan fingerprint density at radius 1 is 1.33 bits per heavy atom. The molecule has 30 heavy (non-hydrogen) atoms. The quantitative estimate of drug-likeness (QED) is 0.440. The van der Waals surface area contributed by atoms with Crippen molar-refractivity contribution >= 4 is 11.9 Å². The molecule has 1 aliphatic carbocycles. The average molecular weight is 424 g/mol. The van der Waals surface area contributed by atoms with E-state index < -0.39 is 23.6 Å². The number of nitrogens with zero attached hydrogens (tertiary/aromatic N) is 5. The molecule has 0 bridgehead atoms. The third-order valence-electron chi connectivity index (χ3n) is 6.40. The summed E-state index contributed by atoms with van der Waals surface area (Å²) >= 11 is 0. The highest BCUT2D eigenvalue weighted by Gasteiger charge is 2.47. The Balaban J connectivity index is 1.72. The first-order valence-electron chi connectivity index (χ1n) is 10.1. The van der Waals surface area contributed by atoms with Crippen molar-refractivity contribution in [3.8, 4) is 0 Å². The minimum atomic E-state index is -4.55. The van der Waals surface area contributed by atoms with Gasteiger partial charge in [0.05, 0.1) is 11.1 Å². The third kappa shape index (κ3) is 3.80. The molecule has 0 radical (unpaired) electrons. The molecule has 1 saturated heterocycles. The van der Waals surface area contributed by atoms with Crippen molar-refractivity contribution in [2.45, 2.75) is 45.1 Å². The maximum absolute atomic E-state index is 13.8. The van der Waals surface area contributed by atoms with Crippen molar-refractivity contribution in [2.24, 2.45) is 10.5 Å². The summed E-state index contributed by atoms with van der Waals surface area (Å²) in [5, 5.41) is 3.89. The highest BCUT2D eigenvalue weighted by atomic mass is 19.4. The van der Waals surface area contributed by atoms with Crippen molar-refractivity contribution in [3.63, 3.8) is 0 Å². The summed E-state index contributed by atoms with van der Waals surface area (Å²) in [5.74, 6) is 0. The first-order valence-corrected chi connectivity index (χ1v) is 10.1. The topological polar surface area (TPSA) is 57.3 Å². The van der Waals surface area contributed by atoms with Crippen molar-refractivity contribution in [1.82, 2.24) is 24.2 Å². The molecule has 1 spiro atoms. The van der Waals surface area contributed by atoms with Crippen molar-refractivity contribution in [2.75, 3.05) is 27.2 Å². The number of hydrogen-bond acceptors (Lipinski definition) is 4. The second kappa shape index (κ2) is 7.33. The summed E-state index contributed by atoms with van der Waals surface area (Å²) < 4.78 is 43.9. The fourth-order valence-corrected chi connectivity index (χ4v) is 4.29.